The topological polar surface area (TPSA) is 71.7 Å². The second-order valence-electron chi connectivity index (χ2n) is 8.52. The molecule has 8 heteroatoms. The quantitative estimate of drug-likeness (QED) is 0.393. The van der Waals surface area contributed by atoms with E-state index in [1.165, 1.54) is 23.5 Å². The summed E-state index contributed by atoms with van der Waals surface area (Å²) in [7, 11) is -3.55. The standard InChI is InChI=1S/C26H27N3O3S2/c1-2-29-23-16-13-19-9-5-6-10-22(19)24(23)33-26(29)27-25(30)20-11-14-21(15-12-20)34(31,32)28-17-7-3-4-8-18-28/h5-6,9-16H,2-4,7-8,17-18H2,1H3. The maximum atomic E-state index is 13.0. The molecule has 34 heavy (non-hydrogen) atoms. The van der Waals surface area contributed by atoms with Gasteiger partial charge in [0.2, 0.25) is 10.0 Å². The van der Waals surface area contributed by atoms with Gasteiger partial charge in [-0.2, -0.15) is 9.30 Å². The maximum Gasteiger partial charge on any atom is 0.279 e. The molecule has 0 saturated carbocycles. The van der Waals surface area contributed by atoms with E-state index >= 15 is 0 Å². The molecule has 0 N–H and O–H groups in total. The fraction of sp³-hybridized carbons (Fsp3) is 0.308. The molecule has 0 bridgehead atoms. The summed E-state index contributed by atoms with van der Waals surface area (Å²) in [4.78, 5) is 18.3. The summed E-state index contributed by atoms with van der Waals surface area (Å²) in [6.07, 6.45) is 3.89. The van der Waals surface area contributed by atoms with Crippen LogP contribution < -0.4 is 4.80 Å². The number of carbonyl (C=O) groups is 1. The van der Waals surface area contributed by atoms with Crippen LogP contribution in [0.3, 0.4) is 0 Å². The Morgan fingerprint density at radius 1 is 0.941 bits per heavy atom. The summed E-state index contributed by atoms with van der Waals surface area (Å²) >= 11 is 1.50. The molecular weight excluding hydrogens is 466 g/mol. The van der Waals surface area contributed by atoms with Gasteiger partial charge in [0, 0.05) is 30.6 Å². The molecule has 0 aliphatic carbocycles. The molecule has 1 fully saturated rings. The Morgan fingerprint density at radius 2 is 1.65 bits per heavy atom. The van der Waals surface area contributed by atoms with E-state index in [9.17, 15) is 13.2 Å². The Morgan fingerprint density at radius 3 is 2.35 bits per heavy atom. The van der Waals surface area contributed by atoms with E-state index in [1.807, 2.05) is 23.6 Å². The van der Waals surface area contributed by atoms with Gasteiger partial charge in [0.25, 0.3) is 5.91 Å². The van der Waals surface area contributed by atoms with Gasteiger partial charge in [0.1, 0.15) is 0 Å². The SMILES string of the molecule is CCn1c(=NC(=O)c2ccc(S(=O)(=O)N3CCCCCC3)cc2)sc2c3ccccc3ccc21. The highest BCUT2D eigenvalue weighted by molar-refractivity contribution is 7.89. The third-order valence-corrected chi connectivity index (χ3v) is 9.43. The largest absolute Gasteiger partial charge is 0.317 e. The molecule has 4 aromatic rings. The maximum absolute atomic E-state index is 13.0. The Labute approximate surface area is 203 Å². The number of carbonyl (C=O) groups excluding carboxylic acids is 1. The number of fused-ring (bicyclic) bond motifs is 3. The number of aryl methyl sites for hydroxylation is 1. The molecule has 0 radical (unpaired) electrons. The highest BCUT2D eigenvalue weighted by Gasteiger charge is 2.25. The van der Waals surface area contributed by atoms with Crippen LogP contribution in [0.1, 0.15) is 43.0 Å². The van der Waals surface area contributed by atoms with Crippen molar-refractivity contribution in [1.29, 1.82) is 0 Å². The number of sulfonamides is 1. The summed E-state index contributed by atoms with van der Waals surface area (Å²) in [5.41, 5.74) is 1.43. The minimum absolute atomic E-state index is 0.225. The van der Waals surface area contributed by atoms with E-state index in [1.54, 1.807) is 16.4 Å². The summed E-state index contributed by atoms with van der Waals surface area (Å²) in [5.74, 6) is -0.378. The normalized spacial score (nSPS) is 16.2. The van der Waals surface area contributed by atoms with E-state index < -0.39 is 10.0 Å². The first kappa shape index (κ1) is 23.0. The van der Waals surface area contributed by atoms with Crippen molar-refractivity contribution in [2.75, 3.05) is 13.1 Å². The van der Waals surface area contributed by atoms with Gasteiger partial charge < -0.3 is 4.57 Å². The van der Waals surface area contributed by atoms with Crippen molar-refractivity contribution in [2.45, 2.75) is 44.0 Å². The molecule has 5 rings (SSSR count). The van der Waals surface area contributed by atoms with Crippen LogP contribution >= 0.6 is 11.3 Å². The summed E-state index contributed by atoms with van der Waals surface area (Å²) in [6, 6.07) is 18.5. The molecule has 1 saturated heterocycles. The fourth-order valence-corrected chi connectivity index (χ4v) is 7.29. The highest BCUT2D eigenvalue weighted by atomic mass is 32.2. The van der Waals surface area contributed by atoms with Crippen LogP contribution in [0.2, 0.25) is 0 Å². The minimum Gasteiger partial charge on any atom is -0.317 e. The lowest BCUT2D eigenvalue weighted by atomic mass is 10.1. The molecule has 0 spiro atoms. The number of nitrogens with zero attached hydrogens (tertiary/aromatic N) is 3. The molecule has 1 amide bonds. The first-order valence-corrected chi connectivity index (χ1v) is 13.9. The van der Waals surface area contributed by atoms with Crippen molar-refractivity contribution in [1.82, 2.24) is 8.87 Å². The molecule has 1 aliphatic rings. The third kappa shape index (κ3) is 4.21. The Bertz CT molecular complexity index is 1530. The van der Waals surface area contributed by atoms with Crippen molar-refractivity contribution < 1.29 is 13.2 Å². The van der Waals surface area contributed by atoms with Crippen LogP contribution in [0.25, 0.3) is 21.0 Å². The fourth-order valence-electron chi connectivity index (χ4n) is 4.54. The van der Waals surface area contributed by atoms with Crippen molar-refractivity contribution in [2.24, 2.45) is 4.99 Å². The summed E-state index contributed by atoms with van der Waals surface area (Å²) < 4.78 is 30.7. The van der Waals surface area contributed by atoms with Crippen LogP contribution in [-0.2, 0) is 16.6 Å². The molecule has 1 aliphatic heterocycles. The molecule has 0 unspecified atom stereocenters. The molecule has 6 nitrogen and oxygen atoms in total. The van der Waals surface area contributed by atoms with Crippen molar-refractivity contribution in [3.63, 3.8) is 0 Å². The zero-order chi connectivity index (χ0) is 23.7. The predicted molar refractivity (Wildman–Crippen MR) is 137 cm³/mol. The number of amides is 1. The van der Waals surface area contributed by atoms with Crippen molar-refractivity contribution in [3.8, 4) is 0 Å². The van der Waals surface area contributed by atoms with Crippen LogP contribution in [0.5, 0.6) is 0 Å². The number of rotatable bonds is 4. The van der Waals surface area contributed by atoms with Crippen molar-refractivity contribution >= 4 is 48.3 Å². The van der Waals surface area contributed by atoms with E-state index in [-0.39, 0.29) is 10.8 Å². The van der Waals surface area contributed by atoms with Gasteiger partial charge in [-0.1, -0.05) is 54.5 Å². The minimum atomic E-state index is -3.55. The zero-order valence-corrected chi connectivity index (χ0v) is 20.7. The van der Waals surface area contributed by atoms with Crippen LogP contribution in [0.15, 0.2) is 70.6 Å². The van der Waals surface area contributed by atoms with E-state index in [0.717, 1.165) is 46.7 Å². The van der Waals surface area contributed by atoms with Gasteiger partial charge in [-0.3, -0.25) is 4.79 Å². The molecule has 3 aromatic carbocycles. The molecule has 1 aromatic heterocycles. The monoisotopic (exact) mass is 493 g/mol. The average Bonchev–Trinajstić information content (AvgIpc) is 3.01. The predicted octanol–water partition coefficient (Wildman–Crippen LogP) is 5.18. The zero-order valence-electron chi connectivity index (χ0n) is 19.1. The number of aromatic nitrogens is 1. The first-order valence-electron chi connectivity index (χ1n) is 11.7. The lowest BCUT2D eigenvalue weighted by molar-refractivity contribution is 0.0997. The smallest absolute Gasteiger partial charge is 0.279 e. The summed E-state index contributed by atoms with van der Waals surface area (Å²) in [5, 5.41) is 2.29. The van der Waals surface area contributed by atoms with Gasteiger partial charge in [-0.05, 0) is 55.5 Å². The lowest BCUT2D eigenvalue weighted by Gasteiger charge is -2.19. The molecule has 0 atom stereocenters. The summed E-state index contributed by atoms with van der Waals surface area (Å²) in [6.45, 7) is 3.83. The van der Waals surface area contributed by atoms with E-state index in [2.05, 4.69) is 29.3 Å². The van der Waals surface area contributed by atoms with Gasteiger partial charge in [-0.25, -0.2) is 8.42 Å². The van der Waals surface area contributed by atoms with Gasteiger partial charge in [-0.15, -0.1) is 0 Å². The Kier molecular flexibility index (Phi) is 6.38. The highest BCUT2D eigenvalue weighted by Crippen LogP contribution is 2.28. The number of thiazole rings is 1. The van der Waals surface area contributed by atoms with Crippen LogP contribution in [0, 0.1) is 0 Å². The van der Waals surface area contributed by atoms with E-state index in [4.69, 9.17) is 0 Å². The van der Waals surface area contributed by atoms with Crippen molar-refractivity contribution in [3.05, 3.63) is 71.0 Å². The molecule has 2 heterocycles. The number of hydrogen-bond donors (Lipinski definition) is 0. The average molecular weight is 494 g/mol. The Hall–Kier alpha value is -2.81. The van der Waals surface area contributed by atoms with Gasteiger partial charge >= 0.3 is 0 Å². The second kappa shape index (κ2) is 9.44. The Balaban J connectivity index is 1.48. The third-order valence-electron chi connectivity index (χ3n) is 6.39. The first-order chi connectivity index (χ1) is 16.5. The van der Waals surface area contributed by atoms with Crippen LogP contribution in [-0.4, -0.2) is 36.3 Å². The van der Waals surface area contributed by atoms with Gasteiger partial charge in [0.15, 0.2) is 4.80 Å². The van der Waals surface area contributed by atoms with Gasteiger partial charge in [0.05, 0.1) is 15.1 Å². The second-order valence-corrected chi connectivity index (χ2v) is 11.4. The lowest BCUT2D eigenvalue weighted by Crippen LogP contribution is -2.31. The number of benzene rings is 3. The number of hydrogen-bond acceptors (Lipinski definition) is 4. The molecule has 176 valence electrons. The molecular formula is C26H27N3O3S2. The van der Waals surface area contributed by atoms with Crippen LogP contribution in [0.4, 0.5) is 0 Å². The van der Waals surface area contributed by atoms with E-state index in [0.29, 0.717) is 30.0 Å².